The van der Waals surface area contributed by atoms with Gasteiger partial charge in [0.2, 0.25) is 0 Å². The first kappa shape index (κ1) is 9.97. The van der Waals surface area contributed by atoms with Crippen molar-refractivity contribution >= 4 is 5.91 Å². The molecule has 0 saturated carbocycles. The molecule has 0 unspecified atom stereocenters. The van der Waals surface area contributed by atoms with Gasteiger partial charge in [0.05, 0.1) is 0 Å². The molecule has 15 heavy (non-hydrogen) atoms. The van der Waals surface area contributed by atoms with Gasteiger partial charge >= 0.3 is 5.69 Å². The summed E-state index contributed by atoms with van der Waals surface area (Å²) in [6.45, 7) is 4.17. The van der Waals surface area contributed by atoms with Crippen molar-refractivity contribution in [2.75, 3.05) is 19.6 Å². The fourth-order valence-electron chi connectivity index (χ4n) is 1.73. The molecule has 0 aliphatic carbocycles. The minimum absolute atomic E-state index is 0.123. The standard InChI is InChI=1S/C9H14N4O2/c1-6-5-13(3-2-10-6)8(14)7-4-11-9(15)12-7/h4,6,10H,2-3,5H2,1H3,(H2,11,12,15)/t6-/m0/s1. The maximum absolute atomic E-state index is 11.9. The highest BCUT2D eigenvalue weighted by Gasteiger charge is 2.22. The number of nitrogens with zero attached hydrogens (tertiary/aromatic N) is 1. The summed E-state index contributed by atoms with van der Waals surface area (Å²) in [4.78, 5) is 29.3. The summed E-state index contributed by atoms with van der Waals surface area (Å²) in [5.74, 6) is -0.123. The molecule has 0 aromatic carbocycles. The van der Waals surface area contributed by atoms with E-state index in [1.807, 2.05) is 6.92 Å². The molecule has 1 aromatic rings. The van der Waals surface area contributed by atoms with E-state index >= 15 is 0 Å². The second-order valence-electron chi connectivity index (χ2n) is 3.76. The van der Waals surface area contributed by atoms with Crippen LogP contribution in [0.4, 0.5) is 0 Å². The Kier molecular flexibility index (Phi) is 2.59. The normalized spacial score (nSPS) is 21.7. The van der Waals surface area contributed by atoms with Gasteiger partial charge in [-0.2, -0.15) is 0 Å². The predicted molar refractivity (Wildman–Crippen MR) is 54.8 cm³/mol. The van der Waals surface area contributed by atoms with Gasteiger partial charge in [-0.25, -0.2) is 4.79 Å². The van der Waals surface area contributed by atoms with Crippen molar-refractivity contribution in [2.45, 2.75) is 13.0 Å². The zero-order valence-corrected chi connectivity index (χ0v) is 8.54. The highest BCUT2D eigenvalue weighted by molar-refractivity contribution is 5.92. The van der Waals surface area contributed by atoms with E-state index in [0.29, 0.717) is 24.8 Å². The van der Waals surface area contributed by atoms with Gasteiger partial charge in [0.15, 0.2) is 0 Å². The fourth-order valence-corrected chi connectivity index (χ4v) is 1.73. The van der Waals surface area contributed by atoms with Crippen molar-refractivity contribution in [2.24, 2.45) is 0 Å². The van der Waals surface area contributed by atoms with Gasteiger partial charge < -0.3 is 20.2 Å². The molecule has 1 saturated heterocycles. The predicted octanol–water partition coefficient (Wildman–Crippen LogP) is -0.863. The number of amides is 1. The van der Waals surface area contributed by atoms with E-state index in [4.69, 9.17) is 0 Å². The van der Waals surface area contributed by atoms with Crippen molar-refractivity contribution < 1.29 is 4.79 Å². The highest BCUT2D eigenvalue weighted by atomic mass is 16.2. The third-order valence-corrected chi connectivity index (χ3v) is 2.48. The van der Waals surface area contributed by atoms with Crippen LogP contribution in [0.2, 0.25) is 0 Å². The van der Waals surface area contributed by atoms with Crippen LogP contribution in [0.3, 0.4) is 0 Å². The highest BCUT2D eigenvalue weighted by Crippen LogP contribution is 2.03. The van der Waals surface area contributed by atoms with Crippen LogP contribution in [0.5, 0.6) is 0 Å². The number of piperazine rings is 1. The second kappa shape index (κ2) is 3.90. The molecule has 1 fully saturated rings. The number of hydrogen-bond donors (Lipinski definition) is 3. The molecule has 2 rings (SSSR count). The fraction of sp³-hybridized carbons (Fsp3) is 0.556. The van der Waals surface area contributed by atoms with Gasteiger partial charge in [-0.05, 0) is 6.92 Å². The molecule has 1 aromatic heterocycles. The van der Waals surface area contributed by atoms with Gasteiger partial charge in [-0.3, -0.25) is 4.79 Å². The summed E-state index contributed by atoms with van der Waals surface area (Å²) in [5, 5.41) is 3.25. The van der Waals surface area contributed by atoms with Gasteiger partial charge in [-0.1, -0.05) is 0 Å². The number of nitrogens with one attached hydrogen (secondary N) is 3. The number of carbonyl (C=O) groups is 1. The number of H-pyrrole nitrogens is 2. The van der Waals surface area contributed by atoms with E-state index in [1.54, 1.807) is 4.90 Å². The molecule has 82 valence electrons. The molecule has 1 aliphatic heterocycles. The van der Waals surface area contributed by atoms with Crippen LogP contribution in [0, 0.1) is 0 Å². The quantitative estimate of drug-likeness (QED) is 0.564. The maximum Gasteiger partial charge on any atom is 0.323 e. The Hall–Kier alpha value is -1.56. The molecule has 0 bridgehead atoms. The lowest BCUT2D eigenvalue weighted by Gasteiger charge is -2.31. The summed E-state index contributed by atoms with van der Waals surface area (Å²) < 4.78 is 0. The smallest absolute Gasteiger partial charge is 0.323 e. The van der Waals surface area contributed by atoms with E-state index in [9.17, 15) is 9.59 Å². The Morgan fingerprint density at radius 2 is 2.40 bits per heavy atom. The summed E-state index contributed by atoms with van der Waals surface area (Å²) in [6.07, 6.45) is 1.41. The van der Waals surface area contributed by atoms with E-state index in [1.165, 1.54) is 6.20 Å². The Morgan fingerprint density at radius 1 is 1.60 bits per heavy atom. The van der Waals surface area contributed by atoms with Crippen LogP contribution in [0.15, 0.2) is 11.0 Å². The molecular formula is C9H14N4O2. The molecule has 1 aliphatic rings. The van der Waals surface area contributed by atoms with Gasteiger partial charge in [0, 0.05) is 31.9 Å². The first-order chi connectivity index (χ1) is 7.16. The lowest BCUT2D eigenvalue weighted by Crippen LogP contribution is -2.51. The topological polar surface area (TPSA) is 81.0 Å². The Balaban J connectivity index is 2.10. The first-order valence-corrected chi connectivity index (χ1v) is 4.97. The van der Waals surface area contributed by atoms with Crippen LogP contribution < -0.4 is 11.0 Å². The van der Waals surface area contributed by atoms with E-state index in [-0.39, 0.29) is 11.6 Å². The zero-order chi connectivity index (χ0) is 10.8. The zero-order valence-electron chi connectivity index (χ0n) is 8.54. The van der Waals surface area contributed by atoms with E-state index in [0.717, 1.165) is 6.54 Å². The molecule has 6 nitrogen and oxygen atoms in total. The number of imidazole rings is 1. The molecule has 1 amide bonds. The molecule has 0 spiro atoms. The Morgan fingerprint density at radius 3 is 3.00 bits per heavy atom. The summed E-state index contributed by atoms with van der Waals surface area (Å²) in [7, 11) is 0. The van der Waals surface area contributed by atoms with Gasteiger partial charge in [-0.15, -0.1) is 0 Å². The monoisotopic (exact) mass is 210 g/mol. The van der Waals surface area contributed by atoms with Crippen molar-refractivity contribution in [3.8, 4) is 0 Å². The first-order valence-electron chi connectivity index (χ1n) is 4.97. The summed E-state index contributed by atoms with van der Waals surface area (Å²) in [5.41, 5.74) is -0.0179. The van der Waals surface area contributed by atoms with E-state index in [2.05, 4.69) is 15.3 Å². The van der Waals surface area contributed by atoms with Crippen LogP contribution >= 0.6 is 0 Å². The van der Waals surface area contributed by atoms with Crippen LogP contribution in [0.1, 0.15) is 17.4 Å². The lowest BCUT2D eigenvalue weighted by molar-refractivity contribution is 0.0703. The van der Waals surface area contributed by atoms with Crippen molar-refractivity contribution in [3.05, 3.63) is 22.4 Å². The number of rotatable bonds is 1. The van der Waals surface area contributed by atoms with Crippen molar-refractivity contribution in [3.63, 3.8) is 0 Å². The second-order valence-corrected chi connectivity index (χ2v) is 3.76. The van der Waals surface area contributed by atoms with Crippen molar-refractivity contribution in [1.29, 1.82) is 0 Å². The van der Waals surface area contributed by atoms with Crippen LogP contribution in [0.25, 0.3) is 0 Å². The van der Waals surface area contributed by atoms with Gasteiger partial charge in [0.1, 0.15) is 5.69 Å². The third kappa shape index (κ3) is 2.10. The Bertz CT molecular complexity index is 408. The van der Waals surface area contributed by atoms with Gasteiger partial charge in [0.25, 0.3) is 5.91 Å². The minimum Gasteiger partial charge on any atom is -0.335 e. The number of aromatic nitrogens is 2. The minimum atomic E-state index is -0.346. The van der Waals surface area contributed by atoms with Crippen LogP contribution in [-0.4, -0.2) is 46.5 Å². The SMILES string of the molecule is C[C@H]1CN(C(=O)c2c[nH]c(=O)[nH]2)CCN1. The van der Waals surface area contributed by atoms with Crippen molar-refractivity contribution in [1.82, 2.24) is 20.2 Å². The molecule has 0 radical (unpaired) electrons. The average Bonchev–Trinajstić information content (AvgIpc) is 2.64. The number of carbonyl (C=O) groups excluding carboxylic acids is 1. The molecule has 3 N–H and O–H groups in total. The summed E-state index contributed by atoms with van der Waals surface area (Å²) in [6, 6.07) is 0.299. The maximum atomic E-state index is 11.9. The number of aromatic amines is 2. The molecule has 6 heteroatoms. The Labute approximate surface area is 86.7 Å². The molecular weight excluding hydrogens is 196 g/mol. The van der Waals surface area contributed by atoms with Crippen LogP contribution in [-0.2, 0) is 0 Å². The summed E-state index contributed by atoms with van der Waals surface area (Å²) >= 11 is 0. The third-order valence-electron chi connectivity index (χ3n) is 2.48. The number of hydrogen-bond acceptors (Lipinski definition) is 3. The molecule has 1 atom stereocenters. The average molecular weight is 210 g/mol. The lowest BCUT2D eigenvalue weighted by atomic mass is 10.2. The van der Waals surface area contributed by atoms with E-state index < -0.39 is 0 Å². The molecule has 2 heterocycles. The largest absolute Gasteiger partial charge is 0.335 e.